The van der Waals surface area contributed by atoms with Gasteiger partial charge in [0.05, 0.1) is 13.2 Å². The SMILES string of the molecule is CC(C)(C)OC(=O)N1CCC(c2cnc(N3CCOCC3)nc2)CC1. The smallest absolute Gasteiger partial charge is 0.410 e. The summed E-state index contributed by atoms with van der Waals surface area (Å²) in [6, 6.07) is 0. The highest BCUT2D eigenvalue weighted by atomic mass is 16.6. The molecule has 3 heterocycles. The van der Waals surface area contributed by atoms with Gasteiger partial charge in [-0.1, -0.05) is 0 Å². The van der Waals surface area contributed by atoms with Crippen LogP contribution in [0.3, 0.4) is 0 Å². The summed E-state index contributed by atoms with van der Waals surface area (Å²) in [5, 5.41) is 0. The molecule has 0 unspecified atom stereocenters. The van der Waals surface area contributed by atoms with Crippen LogP contribution in [0.15, 0.2) is 12.4 Å². The molecule has 2 aliphatic rings. The van der Waals surface area contributed by atoms with Crippen LogP contribution in [-0.2, 0) is 9.47 Å². The number of carbonyl (C=O) groups is 1. The van der Waals surface area contributed by atoms with E-state index in [1.165, 1.54) is 0 Å². The standard InChI is InChI=1S/C18H28N4O3/c1-18(2,3)25-17(23)22-6-4-14(5-7-22)15-12-19-16(20-13-15)21-8-10-24-11-9-21/h12-14H,4-11H2,1-3H3. The predicted molar refractivity (Wildman–Crippen MR) is 94.8 cm³/mol. The van der Waals surface area contributed by atoms with E-state index in [0.717, 1.165) is 50.7 Å². The molecule has 1 amide bonds. The molecule has 0 aliphatic carbocycles. The summed E-state index contributed by atoms with van der Waals surface area (Å²) in [6.07, 6.45) is 5.49. The minimum absolute atomic E-state index is 0.218. The lowest BCUT2D eigenvalue weighted by molar-refractivity contribution is 0.0204. The molecule has 138 valence electrons. The first-order chi connectivity index (χ1) is 11.9. The van der Waals surface area contributed by atoms with Crippen LogP contribution >= 0.6 is 0 Å². The van der Waals surface area contributed by atoms with Gasteiger partial charge in [-0.15, -0.1) is 0 Å². The second kappa shape index (κ2) is 7.56. The van der Waals surface area contributed by atoms with Gasteiger partial charge in [-0.25, -0.2) is 14.8 Å². The number of hydrogen-bond donors (Lipinski definition) is 0. The van der Waals surface area contributed by atoms with E-state index in [2.05, 4.69) is 14.9 Å². The van der Waals surface area contributed by atoms with Gasteiger partial charge in [0.1, 0.15) is 5.60 Å². The Bertz CT molecular complexity index is 571. The molecule has 0 spiro atoms. The number of anilines is 1. The highest BCUT2D eigenvalue weighted by Gasteiger charge is 2.28. The molecule has 1 aromatic heterocycles. The van der Waals surface area contributed by atoms with E-state index >= 15 is 0 Å². The Balaban J connectivity index is 1.53. The van der Waals surface area contributed by atoms with E-state index in [1.54, 1.807) is 4.90 Å². The average molecular weight is 348 g/mol. The monoisotopic (exact) mass is 348 g/mol. The zero-order valence-corrected chi connectivity index (χ0v) is 15.4. The Morgan fingerprint density at radius 3 is 2.28 bits per heavy atom. The summed E-state index contributed by atoms with van der Waals surface area (Å²) in [7, 11) is 0. The van der Waals surface area contributed by atoms with Gasteiger partial charge in [0, 0.05) is 38.6 Å². The lowest BCUT2D eigenvalue weighted by atomic mass is 9.91. The zero-order chi connectivity index (χ0) is 17.9. The summed E-state index contributed by atoms with van der Waals surface area (Å²) in [6.45, 7) is 10.3. The zero-order valence-electron chi connectivity index (χ0n) is 15.4. The molecule has 1 aromatic rings. The van der Waals surface area contributed by atoms with Crippen molar-refractivity contribution in [1.82, 2.24) is 14.9 Å². The summed E-state index contributed by atoms with van der Waals surface area (Å²) < 4.78 is 10.8. The number of likely N-dealkylation sites (tertiary alicyclic amines) is 1. The molecule has 2 fully saturated rings. The molecule has 0 aromatic carbocycles. The minimum Gasteiger partial charge on any atom is -0.444 e. The van der Waals surface area contributed by atoms with E-state index in [1.807, 2.05) is 33.2 Å². The minimum atomic E-state index is -0.447. The first kappa shape index (κ1) is 17.9. The Morgan fingerprint density at radius 2 is 1.72 bits per heavy atom. The highest BCUT2D eigenvalue weighted by Crippen LogP contribution is 2.28. The Kier molecular flexibility index (Phi) is 5.42. The average Bonchev–Trinajstić information content (AvgIpc) is 2.61. The van der Waals surface area contributed by atoms with Gasteiger partial charge >= 0.3 is 6.09 Å². The summed E-state index contributed by atoms with van der Waals surface area (Å²) >= 11 is 0. The third kappa shape index (κ3) is 4.81. The number of rotatable bonds is 2. The van der Waals surface area contributed by atoms with E-state index in [0.29, 0.717) is 19.0 Å². The maximum atomic E-state index is 12.1. The van der Waals surface area contributed by atoms with Crippen LogP contribution in [0.25, 0.3) is 0 Å². The van der Waals surface area contributed by atoms with Crippen LogP contribution in [0, 0.1) is 0 Å². The number of morpholine rings is 1. The van der Waals surface area contributed by atoms with Crippen molar-refractivity contribution in [1.29, 1.82) is 0 Å². The van der Waals surface area contributed by atoms with Crippen LogP contribution < -0.4 is 4.90 Å². The van der Waals surface area contributed by atoms with Crippen LogP contribution in [0.2, 0.25) is 0 Å². The molecule has 7 nitrogen and oxygen atoms in total. The molecular weight excluding hydrogens is 320 g/mol. The van der Waals surface area contributed by atoms with Crippen molar-refractivity contribution < 1.29 is 14.3 Å². The molecule has 0 saturated carbocycles. The highest BCUT2D eigenvalue weighted by molar-refractivity contribution is 5.68. The second-order valence-electron chi connectivity index (χ2n) is 7.66. The van der Waals surface area contributed by atoms with Gasteiger partial charge in [0.2, 0.25) is 5.95 Å². The second-order valence-corrected chi connectivity index (χ2v) is 7.66. The van der Waals surface area contributed by atoms with E-state index in [4.69, 9.17) is 9.47 Å². The van der Waals surface area contributed by atoms with Gasteiger partial charge in [-0.2, -0.15) is 0 Å². The van der Waals surface area contributed by atoms with Crippen molar-refractivity contribution in [2.24, 2.45) is 0 Å². The van der Waals surface area contributed by atoms with E-state index in [-0.39, 0.29) is 6.09 Å². The fourth-order valence-corrected chi connectivity index (χ4v) is 3.19. The molecular formula is C18H28N4O3. The van der Waals surface area contributed by atoms with Crippen LogP contribution in [0.1, 0.15) is 45.1 Å². The lowest BCUT2D eigenvalue weighted by Crippen LogP contribution is -2.41. The molecule has 0 radical (unpaired) electrons. The first-order valence-electron chi connectivity index (χ1n) is 9.05. The quantitative estimate of drug-likeness (QED) is 0.818. The third-order valence-electron chi connectivity index (χ3n) is 4.57. The fourth-order valence-electron chi connectivity index (χ4n) is 3.19. The van der Waals surface area contributed by atoms with E-state index < -0.39 is 5.60 Å². The largest absolute Gasteiger partial charge is 0.444 e. The molecule has 7 heteroatoms. The molecule has 0 N–H and O–H groups in total. The molecule has 2 aliphatic heterocycles. The third-order valence-corrected chi connectivity index (χ3v) is 4.57. The van der Waals surface area contributed by atoms with Gasteiger partial charge in [-0.05, 0) is 45.1 Å². The molecule has 0 bridgehead atoms. The number of ether oxygens (including phenoxy) is 2. The van der Waals surface area contributed by atoms with Gasteiger partial charge < -0.3 is 19.3 Å². The van der Waals surface area contributed by atoms with Crippen LogP contribution in [-0.4, -0.2) is 66.0 Å². The Morgan fingerprint density at radius 1 is 1.12 bits per heavy atom. The number of amides is 1. The molecule has 25 heavy (non-hydrogen) atoms. The van der Waals surface area contributed by atoms with E-state index in [9.17, 15) is 4.79 Å². The maximum Gasteiger partial charge on any atom is 0.410 e. The van der Waals surface area contributed by atoms with Crippen molar-refractivity contribution in [3.63, 3.8) is 0 Å². The molecule has 2 saturated heterocycles. The Labute approximate surface area is 149 Å². The van der Waals surface area contributed by atoms with Crippen molar-refractivity contribution in [3.05, 3.63) is 18.0 Å². The fraction of sp³-hybridized carbons (Fsp3) is 0.722. The number of hydrogen-bond acceptors (Lipinski definition) is 6. The number of nitrogens with zero attached hydrogens (tertiary/aromatic N) is 4. The maximum absolute atomic E-state index is 12.1. The number of aromatic nitrogens is 2. The normalized spacial score (nSPS) is 19.8. The first-order valence-corrected chi connectivity index (χ1v) is 9.05. The number of carbonyl (C=O) groups excluding carboxylic acids is 1. The Hall–Kier alpha value is -1.89. The summed E-state index contributed by atoms with van der Waals surface area (Å²) in [5.74, 6) is 1.18. The van der Waals surface area contributed by atoms with Crippen molar-refractivity contribution in [3.8, 4) is 0 Å². The van der Waals surface area contributed by atoms with Gasteiger partial charge in [0.15, 0.2) is 0 Å². The summed E-state index contributed by atoms with van der Waals surface area (Å²) in [5.41, 5.74) is 0.706. The molecule has 0 atom stereocenters. The van der Waals surface area contributed by atoms with Gasteiger partial charge in [-0.3, -0.25) is 0 Å². The van der Waals surface area contributed by atoms with Crippen molar-refractivity contribution in [2.75, 3.05) is 44.3 Å². The lowest BCUT2D eigenvalue weighted by Gasteiger charge is -2.33. The molecule has 3 rings (SSSR count). The van der Waals surface area contributed by atoms with Crippen LogP contribution in [0.4, 0.5) is 10.7 Å². The predicted octanol–water partition coefficient (Wildman–Crippen LogP) is 2.43. The van der Waals surface area contributed by atoms with Crippen molar-refractivity contribution in [2.45, 2.75) is 45.1 Å². The summed E-state index contributed by atoms with van der Waals surface area (Å²) in [4.78, 5) is 25.2. The van der Waals surface area contributed by atoms with Crippen LogP contribution in [0.5, 0.6) is 0 Å². The number of piperidine rings is 1. The van der Waals surface area contributed by atoms with Gasteiger partial charge in [0.25, 0.3) is 0 Å². The topological polar surface area (TPSA) is 67.8 Å². The van der Waals surface area contributed by atoms with Crippen molar-refractivity contribution >= 4 is 12.0 Å².